The van der Waals surface area contributed by atoms with Gasteiger partial charge in [0.1, 0.15) is 0 Å². The Morgan fingerprint density at radius 2 is 1.79 bits per heavy atom. The van der Waals surface area contributed by atoms with Gasteiger partial charge in [-0.2, -0.15) is 0 Å². The van der Waals surface area contributed by atoms with Gasteiger partial charge in [0, 0.05) is 23.1 Å². The lowest BCUT2D eigenvalue weighted by molar-refractivity contribution is 0.254. The van der Waals surface area contributed by atoms with E-state index in [9.17, 15) is 0 Å². The Balaban J connectivity index is 1.93. The summed E-state index contributed by atoms with van der Waals surface area (Å²) >= 11 is 2.04. The molecular formula is C17H27NS. The first-order valence-corrected chi connectivity index (χ1v) is 8.77. The van der Waals surface area contributed by atoms with Gasteiger partial charge in [0.05, 0.1) is 0 Å². The maximum atomic E-state index is 2.69. The van der Waals surface area contributed by atoms with Gasteiger partial charge in [0.2, 0.25) is 0 Å². The first kappa shape index (κ1) is 14.9. The van der Waals surface area contributed by atoms with E-state index in [0.29, 0.717) is 0 Å². The van der Waals surface area contributed by atoms with E-state index in [1.807, 2.05) is 11.8 Å². The van der Waals surface area contributed by atoms with Crippen LogP contribution in [0.15, 0.2) is 29.2 Å². The summed E-state index contributed by atoms with van der Waals surface area (Å²) in [4.78, 5) is 4.21. The smallest absolute Gasteiger partial charge is 0.0108 e. The highest BCUT2D eigenvalue weighted by molar-refractivity contribution is 7.99. The maximum absolute atomic E-state index is 2.69. The summed E-state index contributed by atoms with van der Waals surface area (Å²) in [5.41, 5.74) is 1.59. The van der Waals surface area contributed by atoms with Crippen molar-refractivity contribution in [1.82, 2.24) is 4.90 Å². The number of nitrogens with zero attached hydrogens (tertiary/aromatic N) is 1. The van der Waals surface area contributed by atoms with Crippen molar-refractivity contribution in [3.63, 3.8) is 0 Å². The normalized spacial score (nSPS) is 17.9. The second-order valence-corrected chi connectivity index (χ2v) is 6.62. The average Bonchev–Trinajstić information content (AvgIpc) is 2.85. The molecule has 106 valence electrons. The predicted molar refractivity (Wildman–Crippen MR) is 86.2 cm³/mol. The highest BCUT2D eigenvalue weighted by atomic mass is 32.2. The van der Waals surface area contributed by atoms with Crippen molar-refractivity contribution in [1.29, 1.82) is 0 Å². The van der Waals surface area contributed by atoms with E-state index < -0.39 is 0 Å². The van der Waals surface area contributed by atoms with Gasteiger partial charge in [0.15, 0.2) is 0 Å². The quantitative estimate of drug-likeness (QED) is 0.673. The standard InChI is InChI=1S/C17H27NS/c1-3-5-11-18(12-6-4-2)13-15-14-19-17-10-8-7-9-16(15)17/h7-10,15H,3-6,11-14H2,1-2H3. The molecule has 0 amide bonds. The second kappa shape index (κ2) is 7.96. The van der Waals surface area contributed by atoms with E-state index in [-0.39, 0.29) is 0 Å². The van der Waals surface area contributed by atoms with Crippen molar-refractivity contribution in [3.8, 4) is 0 Å². The topological polar surface area (TPSA) is 3.24 Å². The van der Waals surface area contributed by atoms with E-state index in [0.717, 1.165) is 5.92 Å². The molecule has 1 heterocycles. The molecule has 1 aliphatic rings. The molecule has 0 spiro atoms. The summed E-state index contributed by atoms with van der Waals surface area (Å²) < 4.78 is 0. The van der Waals surface area contributed by atoms with E-state index in [1.165, 1.54) is 56.0 Å². The molecule has 2 rings (SSSR count). The molecule has 1 aliphatic heterocycles. The molecule has 1 nitrogen and oxygen atoms in total. The third kappa shape index (κ3) is 4.25. The van der Waals surface area contributed by atoms with E-state index in [2.05, 4.69) is 43.0 Å². The first-order valence-electron chi connectivity index (χ1n) is 7.79. The zero-order valence-electron chi connectivity index (χ0n) is 12.4. The van der Waals surface area contributed by atoms with Crippen molar-refractivity contribution in [2.45, 2.75) is 50.3 Å². The summed E-state index contributed by atoms with van der Waals surface area (Å²) in [6.07, 6.45) is 5.29. The van der Waals surface area contributed by atoms with Gasteiger partial charge in [-0.3, -0.25) is 0 Å². The third-order valence-corrected chi connectivity index (χ3v) is 5.19. The Kier molecular flexibility index (Phi) is 6.25. The Labute approximate surface area is 122 Å². The van der Waals surface area contributed by atoms with Gasteiger partial charge >= 0.3 is 0 Å². The van der Waals surface area contributed by atoms with Crippen LogP contribution in [0.25, 0.3) is 0 Å². The number of hydrogen-bond donors (Lipinski definition) is 0. The Hall–Kier alpha value is -0.470. The van der Waals surface area contributed by atoms with Crippen molar-refractivity contribution >= 4 is 11.8 Å². The molecule has 1 aromatic rings. The van der Waals surface area contributed by atoms with Crippen molar-refractivity contribution in [3.05, 3.63) is 29.8 Å². The number of benzene rings is 1. The van der Waals surface area contributed by atoms with Crippen LogP contribution in [0.4, 0.5) is 0 Å². The number of unbranched alkanes of at least 4 members (excludes halogenated alkanes) is 2. The van der Waals surface area contributed by atoms with Crippen LogP contribution in [0.1, 0.15) is 51.0 Å². The van der Waals surface area contributed by atoms with E-state index >= 15 is 0 Å². The molecule has 1 unspecified atom stereocenters. The van der Waals surface area contributed by atoms with Gasteiger partial charge in [-0.05, 0) is 37.6 Å². The minimum atomic E-state index is 0.745. The number of thioether (sulfide) groups is 1. The van der Waals surface area contributed by atoms with Crippen LogP contribution in [0.3, 0.4) is 0 Å². The number of fused-ring (bicyclic) bond motifs is 1. The minimum Gasteiger partial charge on any atom is -0.303 e. The van der Waals surface area contributed by atoms with E-state index in [4.69, 9.17) is 0 Å². The molecule has 0 radical (unpaired) electrons. The molecule has 0 fully saturated rings. The lowest BCUT2D eigenvalue weighted by Gasteiger charge is -2.25. The molecule has 0 aliphatic carbocycles. The van der Waals surface area contributed by atoms with Gasteiger partial charge in [0.25, 0.3) is 0 Å². The maximum Gasteiger partial charge on any atom is 0.0108 e. The summed E-state index contributed by atoms with van der Waals surface area (Å²) in [5.74, 6) is 2.02. The van der Waals surface area contributed by atoms with Gasteiger partial charge in [-0.25, -0.2) is 0 Å². The van der Waals surface area contributed by atoms with Gasteiger partial charge in [-0.1, -0.05) is 44.9 Å². The van der Waals surface area contributed by atoms with Crippen molar-refractivity contribution in [2.75, 3.05) is 25.4 Å². The van der Waals surface area contributed by atoms with Gasteiger partial charge in [-0.15, -0.1) is 11.8 Å². The van der Waals surface area contributed by atoms with Crippen LogP contribution in [0.2, 0.25) is 0 Å². The highest BCUT2D eigenvalue weighted by Crippen LogP contribution is 2.39. The van der Waals surface area contributed by atoms with Crippen LogP contribution in [-0.2, 0) is 0 Å². The Bertz CT molecular complexity index is 369. The van der Waals surface area contributed by atoms with Crippen molar-refractivity contribution in [2.24, 2.45) is 0 Å². The summed E-state index contributed by atoms with van der Waals surface area (Å²) in [6.45, 7) is 8.39. The molecule has 0 N–H and O–H groups in total. The number of rotatable bonds is 8. The van der Waals surface area contributed by atoms with Crippen LogP contribution >= 0.6 is 11.8 Å². The lowest BCUT2D eigenvalue weighted by atomic mass is 10.0. The molecule has 1 aromatic carbocycles. The zero-order chi connectivity index (χ0) is 13.5. The lowest BCUT2D eigenvalue weighted by Crippen LogP contribution is -2.30. The monoisotopic (exact) mass is 277 g/mol. The first-order chi connectivity index (χ1) is 9.35. The fraction of sp³-hybridized carbons (Fsp3) is 0.647. The minimum absolute atomic E-state index is 0.745. The predicted octanol–water partition coefficient (Wildman–Crippen LogP) is 4.78. The van der Waals surface area contributed by atoms with Crippen LogP contribution in [0, 0.1) is 0 Å². The summed E-state index contributed by atoms with van der Waals surface area (Å²) in [7, 11) is 0. The second-order valence-electron chi connectivity index (χ2n) is 5.55. The fourth-order valence-corrected chi connectivity index (χ4v) is 3.99. The van der Waals surface area contributed by atoms with Crippen molar-refractivity contribution < 1.29 is 0 Å². The highest BCUT2D eigenvalue weighted by Gasteiger charge is 2.24. The van der Waals surface area contributed by atoms with Gasteiger partial charge < -0.3 is 4.90 Å². The Morgan fingerprint density at radius 3 is 2.47 bits per heavy atom. The zero-order valence-corrected chi connectivity index (χ0v) is 13.2. The molecule has 2 heteroatoms. The van der Waals surface area contributed by atoms with Crippen LogP contribution < -0.4 is 0 Å². The molecular weight excluding hydrogens is 250 g/mol. The van der Waals surface area contributed by atoms with E-state index in [1.54, 1.807) is 5.56 Å². The third-order valence-electron chi connectivity index (χ3n) is 3.93. The molecule has 0 saturated carbocycles. The Morgan fingerprint density at radius 1 is 1.11 bits per heavy atom. The largest absolute Gasteiger partial charge is 0.303 e. The molecule has 0 aromatic heterocycles. The molecule has 0 bridgehead atoms. The average molecular weight is 277 g/mol. The summed E-state index contributed by atoms with van der Waals surface area (Å²) in [5, 5.41) is 0. The SMILES string of the molecule is CCCCN(CCCC)CC1CSc2ccccc21. The molecule has 1 atom stereocenters. The summed E-state index contributed by atoms with van der Waals surface area (Å²) in [6, 6.07) is 8.97. The molecule has 0 saturated heterocycles. The van der Waals surface area contributed by atoms with Crippen LogP contribution in [0.5, 0.6) is 0 Å². The van der Waals surface area contributed by atoms with Crippen LogP contribution in [-0.4, -0.2) is 30.3 Å². The molecule has 19 heavy (non-hydrogen) atoms. The number of hydrogen-bond acceptors (Lipinski definition) is 2. The fourth-order valence-electron chi connectivity index (χ4n) is 2.75.